The SMILES string of the molecule is CNC(=S)NNC(=O)[C@@H](C)n1nnc(N2CCOCC2)n1. The van der Waals surface area contributed by atoms with Gasteiger partial charge in [0.2, 0.25) is 0 Å². The minimum absolute atomic E-state index is 0.316. The van der Waals surface area contributed by atoms with Crippen LogP contribution in [0.25, 0.3) is 0 Å². The molecule has 0 bridgehead atoms. The average Bonchev–Trinajstić information content (AvgIpc) is 3.02. The van der Waals surface area contributed by atoms with E-state index < -0.39 is 6.04 Å². The molecule has 1 aliphatic rings. The lowest BCUT2D eigenvalue weighted by atomic mass is 10.3. The fraction of sp³-hybridized carbons (Fsp3) is 0.700. The predicted octanol–water partition coefficient (Wildman–Crippen LogP) is -1.80. The van der Waals surface area contributed by atoms with Crippen molar-refractivity contribution in [1.29, 1.82) is 0 Å². The van der Waals surface area contributed by atoms with Gasteiger partial charge in [-0.15, -0.1) is 9.90 Å². The molecule has 1 fully saturated rings. The summed E-state index contributed by atoms with van der Waals surface area (Å²) in [7, 11) is 1.65. The lowest BCUT2D eigenvalue weighted by molar-refractivity contribution is -0.125. The number of amides is 1. The second-order valence-electron chi connectivity index (χ2n) is 4.38. The zero-order valence-corrected chi connectivity index (χ0v) is 12.7. The number of carbonyl (C=O) groups is 1. The van der Waals surface area contributed by atoms with Gasteiger partial charge in [-0.05, 0) is 24.4 Å². The lowest BCUT2D eigenvalue weighted by Crippen LogP contribution is -2.48. The van der Waals surface area contributed by atoms with E-state index in [1.807, 2.05) is 4.90 Å². The Balaban J connectivity index is 1.93. The first-order chi connectivity index (χ1) is 10.1. The van der Waals surface area contributed by atoms with Crippen LogP contribution in [0.2, 0.25) is 0 Å². The molecule has 2 rings (SSSR count). The number of ether oxygens (including phenoxy) is 1. The highest BCUT2D eigenvalue weighted by Gasteiger charge is 2.21. The fourth-order valence-electron chi connectivity index (χ4n) is 1.66. The highest BCUT2D eigenvalue weighted by atomic mass is 32.1. The van der Waals surface area contributed by atoms with Gasteiger partial charge < -0.3 is 15.0 Å². The zero-order chi connectivity index (χ0) is 15.2. The van der Waals surface area contributed by atoms with E-state index in [0.29, 0.717) is 37.4 Å². The van der Waals surface area contributed by atoms with E-state index in [4.69, 9.17) is 17.0 Å². The number of hydrazine groups is 1. The summed E-state index contributed by atoms with van der Waals surface area (Å²) in [5, 5.41) is 15.1. The number of aromatic nitrogens is 4. The Morgan fingerprint density at radius 1 is 1.38 bits per heavy atom. The standard InChI is InChI=1S/C10H18N8O2S/c1-7(8(19)12-14-10(21)11-2)18-15-9(13-16-18)17-3-5-20-6-4-17/h7H,3-6H2,1-2H3,(H,12,19)(H2,11,14,21)/t7-/m1/s1. The van der Waals surface area contributed by atoms with Crippen LogP contribution < -0.4 is 21.1 Å². The Morgan fingerprint density at radius 3 is 2.76 bits per heavy atom. The molecular formula is C10H18N8O2S. The zero-order valence-electron chi connectivity index (χ0n) is 11.9. The Hall–Kier alpha value is -2.01. The molecule has 1 saturated heterocycles. The molecule has 3 N–H and O–H groups in total. The van der Waals surface area contributed by atoms with E-state index in [2.05, 4.69) is 31.6 Å². The van der Waals surface area contributed by atoms with Gasteiger partial charge in [0.25, 0.3) is 11.9 Å². The van der Waals surface area contributed by atoms with Crippen molar-refractivity contribution < 1.29 is 9.53 Å². The molecule has 0 spiro atoms. The van der Waals surface area contributed by atoms with Crippen LogP contribution in [0.1, 0.15) is 13.0 Å². The third kappa shape index (κ3) is 3.98. The molecule has 10 nitrogen and oxygen atoms in total. The maximum absolute atomic E-state index is 11.9. The molecule has 1 atom stereocenters. The van der Waals surface area contributed by atoms with Crippen molar-refractivity contribution in [2.24, 2.45) is 0 Å². The van der Waals surface area contributed by atoms with Crippen molar-refractivity contribution in [3.8, 4) is 0 Å². The van der Waals surface area contributed by atoms with Gasteiger partial charge in [0.15, 0.2) is 11.2 Å². The Bertz CT molecular complexity index is 501. The maximum atomic E-state index is 11.9. The number of morpholine rings is 1. The monoisotopic (exact) mass is 314 g/mol. The average molecular weight is 314 g/mol. The van der Waals surface area contributed by atoms with Gasteiger partial charge in [0.1, 0.15) is 0 Å². The molecule has 1 amide bonds. The molecule has 1 aliphatic heterocycles. The van der Waals surface area contributed by atoms with Gasteiger partial charge in [0, 0.05) is 20.1 Å². The number of tetrazole rings is 1. The van der Waals surface area contributed by atoms with E-state index >= 15 is 0 Å². The first-order valence-electron chi connectivity index (χ1n) is 6.51. The first-order valence-corrected chi connectivity index (χ1v) is 6.92. The van der Waals surface area contributed by atoms with Gasteiger partial charge in [0.05, 0.1) is 13.2 Å². The molecule has 0 radical (unpaired) electrons. The number of nitrogens with zero attached hydrogens (tertiary/aromatic N) is 5. The number of rotatable bonds is 3. The van der Waals surface area contributed by atoms with Crippen LogP contribution in [-0.4, -0.2) is 64.6 Å². The number of nitrogens with one attached hydrogen (secondary N) is 3. The summed E-state index contributed by atoms with van der Waals surface area (Å²) in [6.45, 7) is 4.37. The van der Waals surface area contributed by atoms with E-state index in [9.17, 15) is 4.79 Å². The summed E-state index contributed by atoms with van der Waals surface area (Å²) in [6, 6.07) is -0.612. The van der Waals surface area contributed by atoms with Crippen molar-refractivity contribution in [2.75, 3.05) is 38.3 Å². The predicted molar refractivity (Wildman–Crippen MR) is 78.5 cm³/mol. The molecule has 1 aromatic rings. The Kier molecular flexibility index (Phi) is 5.22. The lowest BCUT2D eigenvalue weighted by Gasteiger charge is -2.24. The van der Waals surface area contributed by atoms with Crippen molar-refractivity contribution in [1.82, 2.24) is 36.4 Å². The second-order valence-corrected chi connectivity index (χ2v) is 4.79. The summed E-state index contributed by atoms with van der Waals surface area (Å²) in [5.74, 6) is 0.176. The third-order valence-corrected chi connectivity index (χ3v) is 3.27. The summed E-state index contributed by atoms with van der Waals surface area (Å²) in [4.78, 5) is 15.2. The molecule has 0 aliphatic carbocycles. The van der Waals surface area contributed by atoms with Crippen LogP contribution in [0, 0.1) is 0 Å². The van der Waals surface area contributed by atoms with Crippen LogP contribution in [0.15, 0.2) is 0 Å². The molecular weight excluding hydrogens is 296 g/mol. The molecule has 2 heterocycles. The van der Waals surface area contributed by atoms with Gasteiger partial charge in [-0.25, -0.2) is 0 Å². The highest BCUT2D eigenvalue weighted by molar-refractivity contribution is 7.80. The molecule has 21 heavy (non-hydrogen) atoms. The van der Waals surface area contributed by atoms with Crippen molar-refractivity contribution in [3.63, 3.8) is 0 Å². The summed E-state index contributed by atoms with van der Waals surface area (Å²) >= 11 is 4.86. The maximum Gasteiger partial charge on any atom is 0.266 e. The minimum atomic E-state index is -0.612. The van der Waals surface area contributed by atoms with E-state index in [0.717, 1.165) is 0 Å². The summed E-state index contributed by atoms with van der Waals surface area (Å²) < 4.78 is 5.26. The van der Waals surface area contributed by atoms with Crippen molar-refractivity contribution in [3.05, 3.63) is 0 Å². The molecule has 0 unspecified atom stereocenters. The van der Waals surface area contributed by atoms with Crippen molar-refractivity contribution in [2.45, 2.75) is 13.0 Å². The molecule has 0 saturated carbocycles. The van der Waals surface area contributed by atoms with Gasteiger partial charge in [-0.2, -0.15) is 0 Å². The number of hydrogen-bond donors (Lipinski definition) is 3. The van der Waals surface area contributed by atoms with Crippen LogP contribution in [0.4, 0.5) is 5.95 Å². The van der Waals surface area contributed by atoms with E-state index in [1.165, 1.54) is 4.80 Å². The van der Waals surface area contributed by atoms with Crippen LogP contribution >= 0.6 is 12.2 Å². The molecule has 11 heteroatoms. The minimum Gasteiger partial charge on any atom is -0.378 e. The number of anilines is 1. The first kappa shape index (κ1) is 15.4. The van der Waals surface area contributed by atoms with Crippen LogP contribution in [0.5, 0.6) is 0 Å². The topological polar surface area (TPSA) is 109 Å². The Labute approximate surface area is 127 Å². The molecule has 1 aromatic heterocycles. The van der Waals surface area contributed by atoms with Gasteiger partial charge in [-0.1, -0.05) is 5.10 Å². The normalized spacial score (nSPS) is 16.2. The van der Waals surface area contributed by atoms with Gasteiger partial charge >= 0.3 is 0 Å². The number of carbonyl (C=O) groups excluding carboxylic acids is 1. The molecule has 116 valence electrons. The smallest absolute Gasteiger partial charge is 0.266 e. The Morgan fingerprint density at radius 2 is 2.10 bits per heavy atom. The van der Waals surface area contributed by atoms with Crippen LogP contribution in [-0.2, 0) is 9.53 Å². The van der Waals surface area contributed by atoms with Crippen molar-refractivity contribution >= 4 is 29.2 Å². The van der Waals surface area contributed by atoms with E-state index in [-0.39, 0.29) is 5.91 Å². The van der Waals surface area contributed by atoms with E-state index in [1.54, 1.807) is 14.0 Å². The summed E-state index contributed by atoms with van der Waals surface area (Å²) in [6.07, 6.45) is 0. The largest absolute Gasteiger partial charge is 0.378 e. The number of hydrogen-bond acceptors (Lipinski definition) is 7. The van der Waals surface area contributed by atoms with Gasteiger partial charge in [-0.3, -0.25) is 15.6 Å². The fourth-order valence-corrected chi connectivity index (χ4v) is 1.71. The highest BCUT2D eigenvalue weighted by Crippen LogP contribution is 2.09. The quantitative estimate of drug-likeness (QED) is 0.439. The second kappa shape index (κ2) is 7.13. The third-order valence-electron chi connectivity index (χ3n) is 2.96. The number of thiocarbonyl (C=S) groups is 1. The molecule has 0 aromatic carbocycles. The summed E-state index contributed by atoms with van der Waals surface area (Å²) in [5.41, 5.74) is 5.02. The van der Waals surface area contributed by atoms with Crippen LogP contribution in [0.3, 0.4) is 0 Å².